The van der Waals surface area contributed by atoms with Gasteiger partial charge in [-0.2, -0.15) is 0 Å². The monoisotopic (exact) mass is 141 g/mol. The van der Waals surface area contributed by atoms with Crippen molar-refractivity contribution in [1.29, 1.82) is 0 Å². The summed E-state index contributed by atoms with van der Waals surface area (Å²) in [5.74, 6) is 0.573. The Kier molecular flexibility index (Phi) is 2.42. The standard InChI is InChI=1S/C6H11N3O/c7-2-1-5-4-10-6(3-8)9-5/h4H,1-3,7-8H2. The fourth-order valence-corrected chi connectivity index (χ4v) is 0.705. The number of nitrogens with zero attached hydrogens (tertiary/aromatic N) is 1. The van der Waals surface area contributed by atoms with Crippen molar-refractivity contribution in [2.24, 2.45) is 11.5 Å². The molecular formula is C6H11N3O. The first-order valence-corrected chi connectivity index (χ1v) is 3.20. The first kappa shape index (κ1) is 7.24. The van der Waals surface area contributed by atoms with Crippen LogP contribution in [0.4, 0.5) is 0 Å². The van der Waals surface area contributed by atoms with E-state index in [1.807, 2.05) is 0 Å². The molecule has 0 bridgehead atoms. The normalized spacial score (nSPS) is 10.2. The lowest BCUT2D eigenvalue weighted by Gasteiger charge is -1.85. The average molecular weight is 141 g/mol. The molecule has 0 aromatic carbocycles. The SMILES string of the molecule is NCCc1coc(CN)n1. The van der Waals surface area contributed by atoms with E-state index in [0.717, 1.165) is 12.1 Å². The number of hydrogen-bond donors (Lipinski definition) is 2. The molecule has 0 spiro atoms. The molecule has 0 radical (unpaired) electrons. The Hall–Kier alpha value is -0.870. The highest BCUT2D eigenvalue weighted by atomic mass is 16.3. The largest absolute Gasteiger partial charge is 0.447 e. The van der Waals surface area contributed by atoms with Crippen LogP contribution in [0.2, 0.25) is 0 Å². The first-order valence-electron chi connectivity index (χ1n) is 3.20. The predicted octanol–water partition coefficient (Wildman–Crippen LogP) is -0.366. The highest BCUT2D eigenvalue weighted by Gasteiger charge is 1.98. The average Bonchev–Trinajstić information content (AvgIpc) is 2.37. The fraction of sp³-hybridized carbons (Fsp3) is 0.500. The van der Waals surface area contributed by atoms with Gasteiger partial charge in [0.05, 0.1) is 12.2 Å². The number of aromatic nitrogens is 1. The van der Waals surface area contributed by atoms with Crippen LogP contribution in [0.1, 0.15) is 11.6 Å². The molecule has 1 aromatic heterocycles. The second-order valence-corrected chi connectivity index (χ2v) is 1.98. The van der Waals surface area contributed by atoms with Gasteiger partial charge in [-0.15, -0.1) is 0 Å². The summed E-state index contributed by atoms with van der Waals surface area (Å²) in [5.41, 5.74) is 11.4. The van der Waals surface area contributed by atoms with Gasteiger partial charge in [-0.3, -0.25) is 0 Å². The van der Waals surface area contributed by atoms with Crippen LogP contribution in [0, 0.1) is 0 Å². The van der Waals surface area contributed by atoms with E-state index in [2.05, 4.69) is 4.98 Å². The van der Waals surface area contributed by atoms with Crippen LogP contribution >= 0.6 is 0 Å². The molecule has 0 fully saturated rings. The van der Waals surface area contributed by atoms with Gasteiger partial charge in [0.2, 0.25) is 5.89 Å². The number of oxazole rings is 1. The van der Waals surface area contributed by atoms with Crippen molar-refractivity contribution in [2.75, 3.05) is 6.54 Å². The smallest absolute Gasteiger partial charge is 0.207 e. The summed E-state index contributed by atoms with van der Waals surface area (Å²) >= 11 is 0. The zero-order valence-electron chi connectivity index (χ0n) is 5.71. The van der Waals surface area contributed by atoms with E-state index in [0.29, 0.717) is 19.0 Å². The molecule has 1 rings (SSSR count). The van der Waals surface area contributed by atoms with Crippen LogP contribution in [-0.2, 0) is 13.0 Å². The first-order chi connectivity index (χ1) is 4.86. The summed E-state index contributed by atoms with van der Waals surface area (Å²) in [5, 5.41) is 0. The minimum absolute atomic E-state index is 0.352. The zero-order chi connectivity index (χ0) is 7.40. The molecule has 0 aliphatic carbocycles. The molecule has 0 aliphatic heterocycles. The van der Waals surface area contributed by atoms with Gasteiger partial charge in [0, 0.05) is 6.42 Å². The van der Waals surface area contributed by atoms with E-state index in [1.165, 1.54) is 0 Å². The van der Waals surface area contributed by atoms with Crippen molar-refractivity contribution >= 4 is 0 Å². The fourth-order valence-electron chi connectivity index (χ4n) is 0.705. The van der Waals surface area contributed by atoms with E-state index in [9.17, 15) is 0 Å². The van der Waals surface area contributed by atoms with Gasteiger partial charge >= 0.3 is 0 Å². The Morgan fingerprint density at radius 3 is 2.80 bits per heavy atom. The molecule has 10 heavy (non-hydrogen) atoms. The molecule has 0 aliphatic rings. The van der Waals surface area contributed by atoms with Crippen LogP contribution in [0.5, 0.6) is 0 Å². The number of nitrogens with two attached hydrogens (primary N) is 2. The minimum Gasteiger partial charge on any atom is -0.447 e. The number of hydrogen-bond acceptors (Lipinski definition) is 4. The third-order valence-electron chi connectivity index (χ3n) is 1.17. The summed E-state index contributed by atoms with van der Waals surface area (Å²) in [7, 11) is 0. The van der Waals surface area contributed by atoms with Gasteiger partial charge in [-0.1, -0.05) is 0 Å². The third kappa shape index (κ3) is 1.55. The lowest BCUT2D eigenvalue weighted by molar-refractivity contribution is 0.497. The topological polar surface area (TPSA) is 78.1 Å². The molecule has 4 nitrogen and oxygen atoms in total. The van der Waals surface area contributed by atoms with Gasteiger partial charge in [-0.25, -0.2) is 4.98 Å². The van der Waals surface area contributed by atoms with E-state index in [1.54, 1.807) is 6.26 Å². The van der Waals surface area contributed by atoms with Crippen molar-refractivity contribution in [3.63, 3.8) is 0 Å². The highest BCUT2D eigenvalue weighted by molar-refractivity contribution is 4.96. The van der Waals surface area contributed by atoms with Gasteiger partial charge in [0.25, 0.3) is 0 Å². The molecule has 1 aromatic rings. The highest BCUT2D eigenvalue weighted by Crippen LogP contribution is 2.00. The molecule has 4 N–H and O–H groups in total. The molecule has 0 atom stereocenters. The van der Waals surface area contributed by atoms with Crippen molar-refractivity contribution in [3.8, 4) is 0 Å². The van der Waals surface area contributed by atoms with Gasteiger partial charge in [-0.05, 0) is 6.54 Å². The van der Waals surface area contributed by atoms with Gasteiger partial charge < -0.3 is 15.9 Å². The molecule has 0 amide bonds. The maximum atomic E-state index is 5.30. The van der Waals surface area contributed by atoms with E-state index >= 15 is 0 Å². The van der Waals surface area contributed by atoms with Crippen molar-refractivity contribution in [3.05, 3.63) is 17.8 Å². The molecule has 0 saturated carbocycles. The van der Waals surface area contributed by atoms with Crippen LogP contribution in [0.25, 0.3) is 0 Å². The zero-order valence-corrected chi connectivity index (χ0v) is 5.71. The Morgan fingerprint density at radius 2 is 2.30 bits per heavy atom. The molecule has 4 heteroatoms. The maximum absolute atomic E-state index is 5.30. The minimum atomic E-state index is 0.352. The Bertz CT molecular complexity index is 197. The summed E-state index contributed by atoms with van der Waals surface area (Å²) in [6.07, 6.45) is 2.35. The van der Waals surface area contributed by atoms with Crippen LogP contribution in [-0.4, -0.2) is 11.5 Å². The number of rotatable bonds is 3. The van der Waals surface area contributed by atoms with E-state index in [-0.39, 0.29) is 0 Å². The quantitative estimate of drug-likeness (QED) is 0.602. The Balaban J connectivity index is 2.59. The predicted molar refractivity (Wildman–Crippen MR) is 37.2 cm³/mol. The van der Waals surface area contributed by atoms with Crippen molar-refractivity contribution in [2.45, 2.75) is 13.0 Å². The summed E-state index contributed by atoms with van der Waals surface area (Å²) in [6.45, 7) is 0.946. The molecule has 0 unspecified atom stereocenters. The molecular weight excluding hydrogens is 130 g/mol. The van der Waals surface area contributed by atoms with Gasteiger partial charge in [0.1, 0.15) is 6.26 Å². The molecule has 1 heterocycles. The van der Waals surface area contributed by atoms with Crippen LogP contribution < -0.4 is 11.5 Å². The van der Waals surface area contributed by atoms with Crippen molar-refractivity contribution < 1.29 is 4.42 Å². The lowest BCUT2D eigenvalue weighted by Crippen LogP contribution is -2.03. The van der Waals surface area contributed by atoms with Crippen molar-refractivity contribution in [1.82, 2.24) is 4.98 Å². The Labute approximate surface area is 59.2 Å². The molecule has 0 saturated heterocycles. The Morgan fingerprint density at radius 1 is 1.50 bits per heavy atom. The van der Waals surface area contributed by atoms with E-state index in [4.69, 9.17) is 15.9 Å². The summed E-state index contributed by atoms with van der Waals surface area (Å²) in [6, 6.07) is 0. The maximum Gasteiger partial charge on any atom is 0.207 e. The third-order valence-corrected chi connectivity index (χ3v) is 1.17. The van der Waals surface area contributed by atoms with Gasteiger partial charge in [0.15, 0.2) is 0 Å². The lowest BCUT2D eigenvalue weighted by atomic mass is 10.3. The second kappa shape index (κ2) is 3.34. The van der Waals surface area contributed by atoms with Crippen LogP contribution in [0.15, 0.2) is 10.7 Å². The van der Waals surface area contributed by atoms with E-state index < -0.39 is 0 Å². The summed E-state index contributed by atoms with van der Waals surface area (Å²) in [4.78, 5) is 4.05. The summed E-state index contributed by atoms with van der Waals surface area (Å²) < 4.78 is 4.97. The van der Waals surface area contributed by atoms with Crippen LogP contribution in [0.3, 0.4) is 0 Å². The second-order valence-electron chi connectivity index (χ2n) is 1.98. The molecule has 56 valence electrons.